The fourth-order valence-corrected chi connectivity index (χ4v) is 2.79. The predicted molar refractivity (Wildman–Crippen MR) is 105 cm³/mol. The van der Waals surface area contributed by atoms with Crippen LogP contribution < -0.4 is 10.1 Å². The number of hydrogen-bond donors (Lipinski definition) is 1. The quantitative estimate of drug-likeness (QED) is 0.663. The Hall–Kier alpha value is -2.83. The van der Waals surface area contributed by atoms with Crippen LogP contribution in [0.4, 0.5) is 5.69 Å². The van der Waals surface area contributed by atoms with Gasteiger partial charge in [0.25, 0.3) is 0 Å². The van der Waals surface area contributed by atoms with Crippen molar-refractivity contribution >= 4 is 23.2 Å². The van der Waals surface area contributed by atoms with Crippen molar-refractivity contribution in [3.05, 3.63) is 65.6 Å². The van der Waals surface area contributed by atoms with Gasteiger partial charge in [0.1, 0.15) is 5.75 Å². The van der Waals surface area contributed by atoms with Gasteiger partial charge in [0.2, 0.25) is 11.8 Å². The molecule has 3 rings (SSSR count). The fraction of sp³-hybridized carbons (Fsp3) is 0.200. The van der Waals surface area contributed by atoms with Crippen LogP contribution >= 0.6 is 11.6 Å². The molecule has 0 saturated heterocycles. The molecular weight excluding hydrogens is 366 g/mol. The number of rotatable bonds is 7. The standard InChI is InChI=1S/C20H20ClN3O3/c1-24(12-19(25)23-16-10-15(21)8-9-17(16)26-2)13-20-22-11-18(27-20)14-6-4-3-5-7-14/h3-11H,12-13H2,1-2H3,(H,23,25). The van der Waals surface area contributed by atoms with Crippen LogP contribution in [-0.2, 0) is 11.3 Å². The first kappa shape index (κ1) is 18.9. The van der Waals surface area contributed by atoms with Crippen LogP contribution in [0, 0.1) is 0 Å². The van der Waals surface area contributed by atoms with E-state index in [2.05, 4.69) is 10.3 Å². The molecular formula is C20H20ClN3O3. The van der Waals surface area contributed by atoms with Gasteiger partial charge < -0.3 is 14.5 Å². The number of nitrogens with one attached hydrogen (secondary N) is 1. The molecule has 6 nitrogen and oxygen atoms in total. The molecule has 0 radical (unpaired) electrons. The summed E-state index contributed by atoms with van der Waals surface area (Å²) in [6, 6.07) is 14.8. The van der Waals surface area contributed by atoms with E-state index in [1.807, 2.05) is 42.3 Å². The highest BCUT2D eigenvalue weighted by molar-refractivity contribution is 6.31. The average Bonchev–Trinajstić information content (AvgIpc) is 3.11. The highest BCUT2D eigenvalue weighted by atomic mass is 35.5. The van der Waals surface area contributed by atoms with E-state index in [-0.39, 0.29) is 12.5 Å². The van der Waals surface area contributed by atoms with Crippen LogP contribution in [-0.4, -0.2) is 36.5 Å². The van der Waals surface area contributed by atoms with E-state index in [9.17, 15) is 4.79 Å². The Bertz CT molecular complexity index is 912. The van der Waals surface area contributed by atoms with Gasteiger partial charge in [0.05, 0.1) is 32.1 Å². The molecule has 0 saturated carbocycles. The minimum absolute atomic E-state index is 0.165. The molecule has 0 fully saturated rings. The molecule has 0 spiro atoms. The third-order valence-electron chi connectivity index (χ3n) is 3.87. The van der Waals surface area contributed by atoms with Crippen LogP contribution in [0.2, 0.25) is 5.02 Å². The van der Waals surface area contributed by atoms with Crippen molar-refractivity contribution in [3.8, 4) is 17.1 Å². The Morgan fingerprint density at radius 2 is 2.04 bits per heavy atom. The highest BCUT2D eigenvalue weighted by Crippen LogP contribution is 2.27. The van der Waals surface area contributed by atoms with E-state index in [1.54, 1.807) is 24.4 Å². The second-order valence-corrected chi connectivity index (χ2v) is 6.49. The Morgan fingerprint density at radius 1 is 1.26 bits per heavy atom. The van der Waals surface area contributed by atoms with Crippen LogP contribution in [0.25, 0.3) is 11.3 Å². The van der Waals surface area contributed by atoms with Crippen LogP contribution in [0.3, 0.4) is 0 Å². The smallest absolute Gasteiger partial charge is 0.238 e. The zero-order valence-corrected chi connectivity index (χ0v) is 15.9. The number of halogens is 1. The van der Waals surface area contributed by atoms with Gasteiger partial charge in [-0.3, -0.25) is 9.69 Å². The van der Waals surface area contributed by atoms with Crippen LogP contribution in [0.15, 0.2) is 59.1 Å². The molecule has 1 aromatic heterocycles. The molecule has 1 amide bonds. The van der Waals surface area contributed by atoms with Crippen molar-refractivity contribution in [2.45, 2.75) is 6.54 Å². The molecule has 0 aliphatic rings. The van der Waals surface area contributed by atoms with Crippen molar-refractivity contribution < 1.29 is 13.9 Å². The SMILES string of the molecule is COc1ccc(Cl)cc1NC(=O)CN(C)Cc1ncc(-c2ccccc2)o1. The zero-order chi connectivity index (χ0) is 19.2. The number of ether oxygens (including phenoxy) is 1. The van der Waals surface area contributed by atoms with E-state index >= 15 is 0 Å². The van der Waals surface area contributed by atoms with Crippen molar-refractivity contribution in [2.75, 3.05) is 26.0 Å². The lowest BCUT2D eigenvalue weighted by Gasteiger charge is -2.15. The molecule has 1 heterocycles. The van der Waals surface area contributed by atoms with Crippen molar-refractivity contribution in [3.63, 3.8) is 0 Å². The third kappa shape index (κ3) is 5.09. The monoisotopic (exact) mass is 385 g/mol. The molecule has 0 aliphatic heterocycles. The molecule has 3 aromatic rings. The number of amides is 1. The maximum atomic E-state index is 12.3. The van der Waals surface area contributed by atoms with Gasteiger partial charge in [-0.25, -0.2) is 4.98 Å². The van der Waals surface area contributed by atoms with Crippen molar-refractivity contribution in [2.24, 2.45) is 0 Å². The van der Waals surface area contributed by atoms with Gasteiger partial charge in [-0.05, 0) is 25.2 Å². The summed E-state index contributed by atoms with van der Waals surface area (Å²) in [6.45, 7) is 0.575. The fourth-order valence-electron chi connectivity index (χ4n) is 2.62. The molecule has 7 heteroatoms. The zero-order valence-electron chi connectivity index (χ0n) is 15.1. The number of oxazole rings is 1. The third-order valence-corrected chi connectivity index (χ3v) is 4.10. The number of carbonyl (C=O) groups is 1. The lowest BCUT2D eigenvalue weighted by atomic mass is 10.2. The molecule has 0 aliphatic carbocycles. The summed E-state index contributed by atoms with van der Waals surface area (Å²) < 4.78 is 11.0. The second kappa shape index (κ2) is 8.70. The predicted octanol–water partition coefficient (Wildman–Crippen LogP) is 4.07. The van der Waals surface area contributed by atoms with Gasteiger partial charge in [-0.2, -0.15) is 0 Å². The van der Waals surface area contributed by atoms with Gasteiger partial charge in [0.15, 0.2) is 5.76 Å². The summed E-state index contributed by atoms with van der Waals surface area (Å²) >= 11 is 5.99. The van der Waals surface area contributed by atoms with Crippen molar-refractivity contribution in [1.29, 1.82) is 0 Å². The summed E-state index contributed by atoms with van der Waals surface area (Å²) in [7, 11) is 3.36. The Labute approximate surface area is 162 Å². The minimum atomic E-state index is -0.187. The number of likely N-dealkylation sites (N-methyl/N-ethyl adjacent to an activating group) is 1. The molecule has 140 valence electrons. The first-order valence-electron chi connectivity index (χ1n) is 8.37. The maximum Gasteiger partial charge on any atom is 0.238 e. The Kier molecular flexibility index (Phi) is 6.11. The number of hydrogen-bond acceptors (Lipinski definition) is 5. The summed E-state index contributed by atoms with van der Waals surface area (Å²) in [6.07, 6.45) is 1.69. The van der Waals surface area contributed by atoms with E-state index in [1.165, 1.54) is 7.11 Å². The molecule has 2 aromatic carbocycles. The number of carbonyl (C=O) groups excluding carboxylic acids is 1. The van der Waals surface area contributed by atoms with Gasteiger partial charge in [-0.15, -0.1) is 0 Å². The summed E-state index contributed by atoms with van der Waals surface area (Å²) in [5.74, 6) is 1.61. The van der Waals surface area contributed by atoms with Crippen LogP contribution in [0.5, 0.6) is 5.75 Å². The average molecular weight is 386 g/mol. The van der Waals surface area contributed by atoms with E-state index in [0.717, 1.165) is 5.56 Å². The van der Waals surface area contributed by atoms with E-state index in [4.69, 9.17) is 20.8 Å². The normalized spacial score (nSPS) is 10.8. The van der Waals surface area contributed by atoms with Crippen LogP contribution in [0.1, 0.15) is 5.89 Å². The first-order valence-corrected chi connectivity index (χ1v) is 8.75. The lowest BCUT2D eigenvalue weighted by Crippen LogP contribution is -2.30. The molecule has 0 atom stereocenters. The molecule has 27 heavy (non-hydrogen) atoms. The Balaban J connectivity index is 1.58. The Morgan fingerprint density at radius 3 is 2.78 bits per heavy atom. The maximum absolute atomic E-state index is 12.3. The summed E-state index contributed by atoms with van der Waals surface area (Å²) in [5, 5.41) is 3.33. The number of benzene rings is 2. The van der Waals surface area contributed by atoms with Gasteiger partial charge >= 0.3 is 0 Å². The largest absolute Gasteiger partial charge is 0.495 e. The summed E-state index contributed by atoms with van der Waals surface area (Å²) in [5.41, 5.74) is 1.50. The van der Waals surface area contributed by atoms with Gasteiger partial charge in [0, 0.05) is 10.6 Å². The molecule has 0 bridgehead atoms. The van der Waals surface area contributed by atoms with E-state index < -0.39 is 0 Å². The number of anilines is 1. The summed E-state index contributed by atoms with van der Waals surface area (Å²) in [4.78, 5) is 18.4. The van der Waals surface area contributed by atoms with E-state index in [0.29, 0.717) is 34.7 Å². The van der Waals surface area contributed by atoms with Crippen molar-refractivity contribution in [1.82, 2.24) is 9.88 Å². The molecule has 1 N–H and O–H groups in total. The molecule has 0 unspecified atom stereocenters. The highest BCUT2D eigenvalue weighted by Gasteiger charge is 2.13. The number of aromatic nitrogens is 1. The van der Waals surface area contributed by atoms with Gasteiger partial charge in [-0.1, -0.05) is 41.9 Å². The second-order valence-electron chi connectivity index (χ2n) is 6.05. The minimum Gasteiger partial charge on any atom is -0.495 e. The topological polar surface area (TPSA) is 67.6 Å². The first-order chi connectivity index (χ1) is 13.0. The number of methoxy groups -OCH3 is 1. The number of nitrogens with zero attached hydrogens (tertiary/aromatic N) is 2. The lowest BCUT2D eigenvalue weighted by molar-refractivity contribution is -0.117.